The van der Waals surface area contributed by atoms with Crippen LogP contribution in [0.4, 0.5) is 0 Å². The number of hydrogen-bond donors (Lipinski definition) is 9. The van der Waals surface area contributed by atoms with E-state index >= 15 is 0 Å². The van der Waals surface area contributed by atoms with Crippen molar-refractivity contribution in [2.45, 2.75) is 98.7 Å². The summed E-state index contributed by atoms with van der Waals surface area (Å²) in [6, 6.07) is -3.31. The number of rotatable bonds is 7. The summed E-state index contributed by atoms with van der Waals surface area (Å²) in [6.45, 7) is 2.01. The van der Waals surface area contributed by atoms with Gasteiger partial charge in [0.05, 0.1) is 43.0 Å². The van der Waals surface area contributed by atoms with E-state index in [2.05, 4.69) is 10.6 Å². The van der Waals surface area contributed by atoms with Crippen molar-refractivity contribution in [2.24, 2.45) is 17.2 Å². The molecule has 3 fully saturated rings. The normalized spacial score (nSPS) is 51.5. The zero-order valence-corrected chi connectivity index (χ0v) is 19.4. The van der Waals surface area contributed by atoms with Gasteiger partial charge in [0, 0.05) is 6.54 Å². The lowest BCUT2D eigenvalue weighted by Crippen LogP contribution is -2.72. The van der Waals surface area contributed by atoms with Gasteiger partial charge in [-0.05, 0) is 33.9 Å². The van der Waals surface area contributed by atoms with Gasteiger partial charge < -0.3 is 67.2 Å². The van der Waals surface area contributed by atoms with E-state index in [1.807, 2.05) is 7.05 Å². The first kappa shape index (κ1) is 27.1. The Hall–Kier alpha value is -0.520. The number of likely N-dealkylation sites (N-methyl/N-ethyl adjacent to an activating group) is 2. The van der Waals surface area contributed by atoms with Crippen LogP contribution in [0.5, 0.6) is 0 Å². The molecule has 3 rings (SSSR count). The van der Waals surface area contributed by atoms with Gasteiger partial charge in [0.2, 0.25) is 0 Å². The summed E-state index contributed by atoms with van der Waals surface area (Å²) >= 11 is 0. The van der Waals surface area contributed by atoms with Gasteiger partial charge in [0.15, 0.2) is 12.6 Å². The summed E-state index contributed by atoms with van der Waals surface area (Å²) in [5.74, 6) is 0. The second kappa shape index (κ2) is 11.0. The van der Waals surface area contributed by atoms with Crippen LogP contribution in [0, 0.1) is 0 Å². The van der Waals surface area contributed by atoms with E-state index in [0.717, 1.165) is 6.42 Å². The van der Waals surface area contributed by atoms with Gasteiger partial charge >= 0.3 is 0 Å². The Labute approximate surface area is 193 Å². The van der Waals surface area contributed by atoms with Crippen LogP contribution in [0.1, 0.15) is 19.8 Å². The summed E-state index contributed by atoms with van der Waals surface area (Å²) in [5.41, 5.74) is 17.1. The van der Waals surface area contributed by atoms with Crippen molar-refractivity contribution >= 4 is 0 Å². The maximum atomic E-state index is 11.1. The number of nitrogens with one attached hydrogen (secondary N) is 2. The number of hydrogen-bond acceptors (Lipinski definition) is 13. The topological polar surface area (TPSA) is 220 Å². The first-order valence-electron chi connectivity index (χ1n) is 11.4. The highest BCUT2D eigenvalue weighted by atomic mass is 16.7. The fourth-order valence-corrected chi connectivity index (χ4v) is 4.89. The molecule has 1 saturated carbocycles. The van der Waals surface area contributed by atoms with E-state index in [-0.39, 0.29) is 12.7 Å². The Morgan fingerprint density at radius 1 is 0.939 bits per heavy atom. The Bertz CT molecular complexity index is 633. The second-order valence-electron chi connectivity index (χ2n) is 9.56. The van der Waals surface area contributed by atoms with E-state index in [1.54, 1.807) is 7.05 Å². The van der Waals surface area contributed by atoms with Gasteiger partial charge in [0.25, 0.3) is 0 Å². The molecule has 0 aromatic carbocycles. The van der Waals surface area contributed by atoms with E-state index in [1.165, 1.54) is 6.92 Å². The lowest BCUT2D eigenvalue weighted by Gasteiger charge is -2.49. The molecule has 0 amide bonds. The lowest BCUT2D eigenvalue weighted by molar-refractivity contribution is -0.312. The van der Waals surface area contributed by atoms with Crippen LogP contribution in [0.25, 0.3) is 0 Å². The van der Waals surface area contributed by atoms with Crippen LogP contribution >= 0.6 is 0 Å². The quantitative estimate of drug-likeness (QED) is 0.168. The zero-order valence-electron chi connectivity index (χ0n) is 19.4. The van der Waals surface area contributed by atoms with Crippen molar-refractivity contribution in [3.05, 3.63) is 0 Å². The molecule has 0 aromatic heterocycles. The fraction of sp³-hybridized carbons (Fsp3) is 1.00. The largest absolute Gasteiger partial charge is 0.390 e. The van der Waals surface area contributed by atoms with Gasteiger partial charge in [-0.3, -0.25) is 0 Å². The Balaban J connectivity index is 1.73. The van der Waals surface area contributed by atoms with E-state index in [4.69, 9.17) is 36.1 Å². The minimum atomic E-state index is -1.37. The minimum absolute atomic E-state index is 0.118. The Morgan fingerprint density at radius 2 is 1.55 bits per heavy atom. The summed E-state index contributed by atoms with van der Waals surface area (Å²) in [4.78, 5) is 0. The predicted octanol–water partition coefficient (Wildman–Crippen LogP) is -4.75. The average molecular weight is 480 g/mol. The maximum Gasteiger partial charge on any atom is 0.185 e. The molecule has 2 saturated heterocycles. The molecule has 0 spiro atoms. The molecule has 2 heterocycles. The van der Waals surface area contributed by atoms with E-state index in [9.17, 15) is 20.4 Å². The number of aliphatic hydroxyl groups excluding tert-OH is 3. The molecule has 3 aliphatic rings. The molecule has 0 radical (unpaired) electrons. The molecule has 0 aromatic rings. The lowest BCUT2D eigenvalue weighted by atomic mass is 9.81. The van der Waals surface area contributed by atoms with E-state index in [0.29, 0.717) is 13.0 Å². The molecule has 2 aliphatic heterocycles. The maximum absolute atomic E-state index is 11.1. The van der Waals surface area contributed by atoms with Gasteiger partial charge in [-0.15, -0.1) is 0 Å². The zero-order chi connectivity index (χ0) is 24.5. The molecule has 12 N–H and O–H groups in total. The van der Waals surface area contributed by atoms with Gasteiger partial charge in [-0.1, -0.05) is 0 Å². The van der Waals surface area contributed by atoms with Crippen LogP contribution in [0.15, 0.2) is 0 Å². The molecule has 13 heteroatoms. The first-order valence-corrected chi connectivity index (χ1v) is 11.4. The van der Waals surface area contributed by atoms with Gasteiger partial charge in [-0.2, -0.15) is 0 Å². The molecule has 1 aliphatic carbocycles. The minimum Gasteiger partial charge on any atom is -0.390 e. The molecule has 0 unspecified atom stereocenters. The Morgan fingerprint density at radius 3 is 2.12 bits per heavy atom. The fourth-order valence-electron chi connectivity index (χ4n) is 4.89. The molecule has 0 bridgehead atoms. The predicted molar refractivity (Wildman–Crippen MR) is 117 cm³/mol. The van der Waals surface area contributed by atoms with Crippen LogP contribution in [-0.4, -0.2) is 127 Å². The highest BCUT2D eigenvalue weighted by Gasteiger charge is 2.53. The second-order valence-corrected chi connectivity index (χ2v) is 9.56. The number of nitrogens with two attached hydrogens (primary N) is 3. The van der Waals surface area contributed by atoms with Crippen molar-refractivity contribution in [3.63, 3.8) is 0 Å². The van der Waals surface area contributed by atoms with Crippen molar-refractivity contribution in [1.82, 2.24) is 10.6 Å². The Kier molecular flexibility index (Phi) is 9.05. The highest BCUT2D eigenvalue weighted by Crippen LogP contribution is 2.31. The summed E-state index contributed by atoms with van der Waals surface area (Å²) in [5, 5.41) is 48.7. The monoisotopic (exact) mass is 479 g/mol. The first-order chi connectivity index (χ1) is 15.5. The standard InChI is InChI=1S/C20H41N5O8/c1-20(29)7-30-19(14(28)17(20)25-3)33-16-11(23)12(26)10(22)15(13(16)27)32-18-9(21)5-4-8(31-18)6-24-2/h8-19,24-29H,4-7,21-23H2,1-3H3/t8-,9-,10-,11+,12+,13-,14-,15-,16+,17+,18+,19+,20-/m1/s1. The molecule has 33 heavy (non-hydrogen) atoms. The van der Waals surface area contributed by atoms with Crippen LogP contribution < -0.4 is 27.8 Å². The third kappa shape index (κ3) is 5.67. The third-order valence-corrected chi connectivity index (χ3v) is 6.87. The molecular weight excluding hydrogens is 438 g/mol. The summed E-state index contributed by atoms with van der Waals surface area (Å²) < 4.78 is 23.3. The SMILES string of the molecule is CNC[C@H]1CC[C@@H](N)[C@H](O[C@@H]2[C@H](N)[C@H](O)[C@H](N)[C@H](O[C@@H]3OC[C@@](C)(O)[C@@H](NC)[C@H]3O)[C@@H]2O)O1. The molecule has 13 atom stereocenters. The van der Waals surface area contributed by atoms with Crippen molar-refractivity contribution in [3.8, 4) is 0 Å². The number of aliphatic hydroxyl groups is 4. The summed E-state index contributed by atoms with van der Waals surface area (Å²) in [6.07, 6.45) is -6.97. The van der Waals surface area contributed by atoms with Crippen molar-refractivity contribution in [2.75, 3.05) is 27.2 Å². The highest BCUT2D eigenvalue weighted by molar-refractivity contribution is 5.06. The number of ether oxygens (including phenoxy) is 4. The van der Waals surface area contributed by atoms with Crippen LogP contribution in [0.2, 0.25) is 0 Å². The molecular formula is C20H41N5O8. The van der Waals surface area contributed by atoms with Crippen molar-refractivity contribution < 1.29 is 39.4 Å². The van der Waals surface area contributed by atoms with E-state index < -0.39 is 72.9 Å². The summed E-state index contributed by atoms with van der Waals surface area (Å²) in [7, 11) is 3.40. The molecule has 13 nitrogen and oxygen atoms in total. The third-order valence-electron chi connectivity index (χ3n) is 6.87. The van der Waals surface area contributed by atoms with Crippen LogP contribution in [0.3, 0.4) is 0 Å². The average Bonchev–Trinajstić information content (AvgIpc) is 2.76. The van der Waals surface area contributed by atoms with Crippen molar-refractivity contribution in [1.29, 1.82) is 0 Å². The van der Waals surface area contributed by atoms with Gasteiger partial charge in [0.1, 0.15) is 30.0 Å². The van der Waals surface area contributed by atoms with Gasteiger partial charge in [-0.25, -0.2) is 0 Å². The van der Waals surface area contributed by atoms with Crippen LogP contribution in [-0.2, 0) is 18.9 Å². The molecule has 194 valence electrons. The smallest absolute Gasteiger partial charge is 0.185 e.